The molecule has 0 spiro atoms. The monoisotopic (exact) mass is 358 g/mol. The van der Waals surface area contributed by atoms with Gasteiger partial charge in [0.1, 0.15) is 5.15 Å². The normalized spacial score (nSPS) is 11.1. The van der Waals surface area contributed by atoms with Crippen molar-refractivity contribution in [2.45, 2.75) is 13.5 Å². The number of rotatable bonds is 5. The van der Waals surface area contributed by atoms with E-state index in [-0.39, 0.29) is 0 Å². The lowest BCUT2D eigenvalue weighted by atomic mass is 10.2. The third-order valence-corrected chi connectivity index (χ3v) is 4.13. The van der Waals surface area contributed by atoms with Crippen LogP contribution in [0.2, 0.25) is 10.2 Å². The van der Waals surface area contributed by atoms with Crippen LogP contribution >= 0.6 is 23.2 Å². The highest BCUT2D eigenvalue weighted by atomic mass is 35.5. The van der Waals surface area contributed by atoms with Crippen molar-refractivity contribution in [3.63, 3.8) is 0 Å². The maximum absolute atomic E-state index is 6.45. The van der Waals surface area contributed by atoms with Crippen molar-refractivity contribution in [1.29, 1.82) is 0 Å². The number of nitrogens with one attached hydrogen (secondary N) is 1. The molecule has 0 saturated carbocycles. The zero-order chi connectivity index (χ0) is 16.9. The summed E-state index contributed by atoms with van der Waals surface area (Å²) in [5, 5.41) is 9.93. The quantitative estimate of drug-likeness (QED) is 0.515. The summed E-state index contributed by atoms with van der Waals surface area (Å²) < 4.78 is 1.77. The van der Waals surface area contributed by atoms with Gasteiger partial charge in [0, 0.05) is 5.02 Å². The molecule has 0 radical (unpaired) electrons. The van der Waals surface area contributed by atoms with E-state index >= 15 is 0 Å². The summed E-state index contributed by atoms with van der Waals surface area (Å²) in [6.07, 6.45) is 1.67. The molecule has 6 heteroatoms. The molecule has 0 saturated heterocycles. The van der Waals surface area contributed by atoms with Crippen molar-refractivity contribution in [3.05, 3.63) is 81.6 Å². The third-order valence-electron chi connectivity index (χ3n) is 3.50. The van der Waals surface area contributed by atoms with Gasteiger partial charge in [0.15, 0.2) is 0 Å². The van der Waals surface area contributed by atoms with Crippen LogP contribution in [-0.2, 0) is 6.54 Å². The van der Waals surface area contributed by atoms with Crippen LogP contribution in [0.3, 0.4) is 0 Å². The fourth-order valence-corrected chi connectivity index (χ4v) is 2.78. The first-order valence-corrected chi connectivity index (χ1v) is 8.20. The Morgan fingerprint density at radius 3 is 2.67 bits per heavy atom. The van der Waals surface area contributed by atoms with Crippen LogP contribution < -0.4 is 5.43 Å². The van der Waals surface area contributed by atoms with Crippen LogP contribution in [-0.4, -0.2) is 16.0 Å². The minimum atomic E-state index is 0.563. The summed E-state index contributed by atoms with van der Waals surface area (Å²) in [4.78, 5) is 0. The minimum Gasteiger partial charge on any atom is -0.278 e. The Balaban J connectivity index is 1.75. The van der Waals surface area contributed by atoms with Gasteiger partial charge in [0.2, 0.25) is 0 Å². The second kappa shape index (κ2) is 7.51. The van der Waals surface area contributed by atoms with E-state index in [1.54, 1.807) is 17.0 Å². The number of aryl methyl sites for hydroxylation is 1. The largest absolute Gasteiger partial charge is 0.278 e. The first-order valence-electron chi connectivity index (χ1n) is 7.45. The number of halogens is 2. The topological polar surface area (TPSA) is 42.2 Å². The Morgan fingerprint density at radius 2 is 1.92 bits per heavy atom. The average Bonchev–Trinajstić information content (AvgIpc) is 2.83. The second-order valence-electron chi connectivity index (χ2n) is 5.31. The molecule has 0 aliphatic rings. The highest BCUT2D eigenvalue weighted by molar-refractivity contribution is 6.32. The van der Waals surface area contributed by atoms with E-state index in [0.29, 0.717) is 16.7 Å². The molecule has 4 nitrogen and oxygen atoms in total. The fourth-order valence-electron chi connectivity index (χ4n) is 2.30. The lowest BCUT2D eigenvalue weighted by molar-refractivity contribution is 0.680. The highest BCUT2D eigenvalue weighted by Gasteiger charge is 2.11. The average molecular weight is 359 g/mol. The van der Waals surface area contributed by atoms with Crippen LogP contribution in [0.15, 0.2) is 59.7 Å². The van der Waals surface area contributed by atoms with E-state index in [2.05, 4.69) is 15.6 Å². The standard InChI is InChI=1S/C18H16Cl2N4/c1-13-17(11-21-22-16-9-5-8-15(19)10-16)18(20)24(23-13)12-14-6-3-2-4-7-14/h2-11,22H,12H2,1H3/b21-11-. The van der Waals surface area contributed by atoms with Gasteiger partial charge in [-0.25, -0.2) is 4.68 Å². The zero-order valence-electron chi connectivity index (χ0n) is 13.1. The predicted molar refractivity (Wildman–Crippen MR) is 100 cm³/mol. The van der Waals surface area contributed by atoms with Crippen molar-refractivity contribution in [2.24, 2.45) is 5.10 Å². The van der Waals surface area contributed by atoms with Crippen LogP contribution in [0, 0.1) is 6.92 Å². The predicted octanol–water partition coefficient (Wildman–Crippen LogP) is 4.99. The van der Waals surface area contributed by atoms with Crippen LogP contribution in [0.5, 0.6) is 0 Å². The molecule has 0 atom stereocenters. The van der Waals surface area contributed by atoms with Crippen molar-refractivity contribution in [1.82, 2.24) is 9.78 Å². The fraction of sp³-hybridized carbons (Fsp3) is 0.111. The molecule has 0 unspecified atom stereocenters. The van der Waals surface area contributed by atoms with Crippen LogP contribution in [0.1, 0.15) is 16.8 Å². The summed E-state index contributed by atoms with van der Waals surface area (Å²) in [5.74, 6) is 0. The molecule has 0 aliphatic heterocycles. The van der Waals surface area contributed by atoms with Gasteiger partial charge >= 0.3 is 0 Å². The number of nitrogens with zero attached hydrogens (tertiary/aromatic N) is 3. The molecule has 24 heavy (non-hydrogen) atoms. The number of benzene rings is 2. The summed E-state index contributed by atoms with van der Waals surface area (Å²) in [5.41, 5.74) is 6.51. The van der Waals surface area contributed by atoms with Gasteiger partial charge in [-0.2, -0.15) is 10.2 Å². The van der Waals surface area contributed by atoms with Gasteiger partial charge in [-0.1, -0.05) is 59.6 Å². The molecule has 0 fully saturated rings. The smallest absolute Gasteiger partial charge is 0.136 e. The maximum atomic E-state index is 6.45. The molecule has 3 rings (SSSR count). The Hall–Kier alpha value is -2.30. The summed E-state index contributed by atoms with van der Waals surface area (Å²) >= 11 is 12.4. The van der Waals surface area contributed by atoms with Crippen molar-refractivity contribution in [3.8, 4) is 0 Å². The van der Waals surface area contributed by atoms with Crippen LogP contribution in [0.4, 0.5) is 5.69 Å². The second-order valence-corrected chi connectivity index (χ2v) is 6.11. The zero-order valence-corrected chi connectivity index (χ0v) is 14.6. The lowest BCUT2D eigenvalue weighted by Gasteiger charge is -2.03. The molecule has 3 aromatic rings. The van der Waals surface area contributed by atoms with Gasteiger partial charge < -0.3 is 0 Å². The van der Waals surface area contributed by atoms with Crippen molar-refractivity contribution in [2.75, 3.05) is 5.43 Å². The molecule has 1 N–H and O–H groups in total. The first kappa shape index (κ1) is 16.6. The van der Waals surface area contributed by atoms with Gasteiger partial charge in [0.25, 0.3) is 0 Å². The van der Waals surface area contributed by atoms with E-state index in [1.165, 1.54) is 0 Å². The number of hydrogen-bond donors (Lipinski definition) is 1. The molecular formula is C18H16Cl2N4. The van der Waals surface area contributed by atoms with E-state index in [1.807, 2.05) is 55.5 Å². The number of hydrogen-bond acceptors (Lipinski definition) is 3. The molecule has 0 amide bonds. The summed E-state index contributed by atoms with van der Waals surface area (Å²) in [7, 11) is 0. The first-order chi connectivity index (χ1) is 11.6. The van der Waals surface area contributed by atoms with E-state index < -0.39 is 0 Å². The Labute approximate surface area is 150 Å². The molecule has 0 aliphatic carbocycles. The Morgan fingerprint density at radius 1 is 1.12 bits per heavy atom. The Bertz CT molecular complexity index is 857. The van der Waals surface area contributed by atoms with Gasteiger partial charge in [0.05, 0.1) is 29.7 Å². The van der Waals surface area contributed by atoms with Gasteiger partial charge in [-0.15, -0.1) is 0 Å². The molecular weight excluding hydrogens is 343 g/mol. The van der Waals surface area contributed by atoms with Crippen molar-refractivity contribution >= 4 is 35.1 Å². The third kappa shape index (κ3) is 3.96. The summed E-state index contributed by atoms with van der Waals surface area (Å²) in [6, 6.07) is 17.4. The number of aromatic nitrogens is 2. The Kier molecular flexibility index (Phi) is 5.18. The molecule has 2 aromatic carbocycles. The van der Waals surface area contributed by atoms with Gasteiger partial charge in [-0.3, -0.25) is 5.43 Å². The molecule has 1 heterocycles. The SMILES string of the molecule is Cc1nn(Cc2ccccc2)c(Cl)c1/C=N\Nc1cccc(Cl)c1. The number of hydrazone groups is 1. The minimum absolute atomic E-state index is 0.563. The summed E-state index contributed by atoms with van der Waals surface area (Å²) in [6.45, 7) is 2.53. The van der Waals surface area contributed by atoms with E-state index in [9.17, 15) is 0 Å². The van der Waals surface area contributed by atoms with Crippen LogP contribution in [0.25, 0.3) is 0 Å². The van der Waals surface area contributed by atoms with E-state index in [0.717, 1.165) is 22.5 Å². The van der Waals surface area contributed by atoms with Crippen molar-refractivity contribution < 1.29 is 0 Å². The maximum Gasteiger partial charge on any atom is 0.136 e. The van der Waals surface area contributed by atoms with E-state index in [4.69, 9.17) is 23.2 Å². The highest BCUT2D eigenvalue weighted by Crippen LogP contribution is 2.20. The molecule has 122 valence electrons. The molecule has 1 aromatic heterocycles. The lowest BCUT2D eigenvalue weighted by Crippen LogP contribution is -2.01. The number of anilines is 1. The van der Waals surface area contributed by atoms with Gasteiger partial charge in [-0.05, 0) is 30.7 Å². The molecule has 0 bridgehead atoms.